The summed E-state index contributed by atoms with van der Waals surface area (Å²) in [6.45, 7) is 10.0. The van der Waals surface area contributed by atoms with Crippen molar-refractivity contribution in [2.24, 2.45) is 5.41 Å². The molecule has 0 bridgehead atoms. The fraction of sp³-hybridized carbons (Fsp3) is 0.531. The van der Waals surface area contributed by atoms with Crippen molar-refractivity contribution in [3.63, 3.8) is 0 Å². The van der Waals surface area contributed by atoms with Crippen LogP contribution in [0.4, 0.5) is 19.0 Å². The van der Waals surface area contributed by atoms with E-state index >= 15 is 8.78 Å². The number of alkyl halides is 1. The molecule has 2 saturated heterocycles. The van der Waals surface area contributed by atoms with E-state index in [0.29, 0.717) is 66.5 Å². The normalized spacial score (nSPS) is 23.4. The van der Waals surface area contributed by atoms with Gasteiger partial charge in [-0.25, -0.2) is 13.2 Å². The van der Waals surface area contributed by atoms with Crippen LogP contribution in [0.5, 0.6) is 6.01 Å². The average molecular weight is 663 g/mol. The van der Waals surface area contributed by atoms with Gasteiger partial charge in [0.05, 0.1) is 17.7 Å². The topological polar surface area (TPSA) is 82.2 Å². The Morgan fingerprint density at radius 1 is 1.13 bits per heavy atom. The Morgan fingerprint density at radius 3 is 2.64 bits per heavy atom. The second kappa shape index (κ2) is 11.4. The van der Waals surface area contributed by atoms with Crippen LogP contribution < -0.4 is 15.0 Å². The highest BCUT2D eigenvalue weighted by atomic mass is 35.5. The van der Waals surface area contributed by atoms with Crippen molar-refractivity contribution < 1.29 is 17.9 Å². The number of aromatic nitrogens is 4. The van der Waals surface area contributed by atoms with Gasteiger partial charge in [0, 0.05) is 71.6 Å². The first-order valence-corrected chi connectivity index (χ1v) is 16.3. The summed E-state index contributed by atoms with van der Waals surface area (Å²) in [6, 6.07) is 2.95. The lowest BCUT2D eigenvalue weighted by atomic mass is 9.94. The summed E-state index contributed by atoms with van der Waals surface area (Å²) < 4.78 is 53.2. The number of ether oxygens (including phenoxy) is 1. The predicted octanol–water partition coefficient (Wildman–Crippen LogP) is 6.85. The first kappa shape index (κ1) is 30.8. The summed E-state index contributed by atoms with van der Waals surface area (Å²) >= 11 is 12.9. The molecular formula is C32H36Cl2F3N7O. The predicted molar refractivity (Wildman–Crippen MR) is 171 cm³/mol. The number of nitrogens with zero attached hydrogens (tertiary/aromatic N) is 5. The molecule has 45 heavy (non-hydrogen) atoms. The maximum absolute atomic E-state index is 16.9. The summed E-state index contributed by atoms with van der Waals surface area (Å²) in [4.78, 5) is 13.5. The molecule has 2 aromatic heterocycles. The molecule has 3 aliphatic rings. The molecule has 3 fully saturated rings. The van der Waals surface area contributed by atoms with Crippen LogP contribution in [-0.2, 0) is 0 Å². The average Bonchev–Trinajstić information content (AvgIpc) is 3.51. The van der Waals surface area contributed by atoms with E-state index in [1.807, 2.05) is 4.90 Å². The van der Waals surface area contributed by atoms with Crippen molar-refractivity contribution in [1.29, 1.82) is 0 Å². The maximum atomic E-state index is 16.9. The molecule has 0 amide bonds. The minimum Gasteiger partial charge on any atom is -0.463 e. The Morgan fingerprint density at radius 2 is 1.93 bits per heavy atom. The van der Waals surface area contributed by atoms with Gasteiger partial charge in [0.2, 0.25) is 0 Å². The molecule has 0 spiro atoms. The number of likely N-dealkylation sites (tertiary alicyclic amines) is 1. The second-order valence-corrected chi connectivity index (χ2v) is 14.0. The molecule has 1 saturated carbocycles. The lowest BCUT2D eigenvalue weighted by Crippen LogP contribution is -2.58. The fourth-order valence-corrected chi connectivity index (χ4v) is 7.28. The van der Waals surface area contributed by atoms with Crippen LogP contribution in [0.15, 0.2) is 12.1 Å². The van der Waals surface area contributed by atoms with Gasteiger partial charge < -0.3 is 15.0 Å². The van der Waals surface area contributed by atoms with E-state index in [0.717, 1.165) is 32.4 Å². The number of rotatable bonds is 8. The Kier molecular flexibility index (Phi) is 7.82. The molecule has 2 aromatic carbocycles. The van der Waals surface area contributed by atoms with Gasteiger partial charge in [0.1, 0.15) is 23.3 Å². The number of piperazine rings is 1. The van der Waals surface area contributed by atoms with E-state index in [9.17, 15) is 4.39 Å². The van der Waals surface area contributed by atoms with Crippen molar-refractivity contribution in [2.75, 3.05) is 50.8 Å². The van der Waals surface area contributed by atoms with E-state index in [4.69, 9.17) is 32.9 Å². The number of anilines is 1. The Labute approximate surface area is 269 Å². The van der Waals surface area contributed by atoms with Gasteiger partial charge in [-0.05, 0) is 57.2 Å². The van der Waals surface area contributed by atoms with E-state index in [1.165, 1.54) is 6.07 Å². The smallest absolute Gasteiger partial charge is 0.319 e. The van der Waals surface area contributed by atoms with Crippen molar-refractivity contribution in [2.45, 2.75) is 58.2 Å². The van der Waals surface area contributed by atoms with Gasteiger partial charge in [-0.3, -0.25) is 10.00 Å². The summed E-state index contributed by atoms with van der Waals surface area (Å²) in [7, 11) is 0. The van der Waals surface area contributed by atoms with E-state index < -0.39 is 17.8 Å². The molecule has 240 valence electrons. The zero-order valence-electron chi connectivity index (χ0n) is 25.5. The molecule has 2 aliphatic heterocycles. The van der Waals surface area contributed by atoms with E-state index in [2.05, 4.69) is 39.2 Å². The van der Waals surface area contributed by atoms with Crippen LogP contribution in [0, 0.1) is 24.0 Å². The van der Waals surface area contributed by atoms with Crippen LogP contribution in [0.1, 0.15) is 45.1 Å². The van der Waals surface area contributed by atoms with Gasteiger partial charge in [0.15, 0.2) is 11.0 Å². The molecule has 4 heterocycles. The quantitative estimate of drug-likeness (QED) is 0.214. The number of fused-ring (bicyclic) bond motifs is 2. The minimum atomic E-state index is -0.858. The molecule has 7 rings (SSSR count). The summed E-state index contributed by atoms with van der Waals surface area (Å²) in [5.41, 5.74) is 0.459. The van der Waals surface area contributed by atoms with Crippen molar-refractivity contribution in [1.82, 2.24) is 30.4 Å². The monoisotopic (exact) mass is 661 g/mol. The van der Waals surface area contributed by atoms with E-state index in [1.54, 1.807) is 13.0 Å². The molecule has 2 N–H and O–H groups in total. The van der Waals surface area contributed by atoms with Crippen molar-refractivity contribution >= 4 is 50.8 Å². The maximum Gasteiger partial charge on any atom is 0.319 e. The van der Waals surface area contributed by atoms with Gasteiger partial charge in [-0.15, -0.1) is 0 Å². The SMILES string of the molecule is CCC1(C)CN(c2nc(OCC3(CN4CC[C@@H](F)C4)CC3)nc3c(F)c(-c4c(C)c(Cl)cc5[nH]nc(Cl)c45)c(F)cc23)CCN1. The Bertz CT molecular complexity index is 1800. The van der Waals surface area contributed by atoms with Crippen LogP contribution in [0.3, 0.4) is 0 Å². The lowest BCUT2D eigenvalue weighted by Gasteiger charge is -2.42. The Balaban J connectivity index is 1.34. The first-order chi connectivity index (χ1) is 21.5. The second-order valence-electron chi connectivity index (χ2n) is 13.2. The fourth-order valence-electron chi connectivity index (χ4n) is 6.84. The molecule has 13 heteroatoms. The van der Waals surface area contributed by atoms with Gasteiger partial charge in [-0.2, -0.15) is 15.1 Å². The van der Waals surface area contributed by atoms with Crippen LogP contribution in [0.2, 0.25) is 10.2 Å². The van der Waals surface area contributed by atoms with Crippen LogP contribution in [-0.4, -0.2) is 82.7 Å². The highest BCUT2D eigenvalue weighted by Gasteiger charge is 2.46. The molecule has 0 radical (unpaired) electrons. The highest BCUT2D eigenvalue weighted by molar-refractivity contribution is 6.37. The van der Waals surface area contributed by atoms with Crippen molar-refractivity contribution in [3.05, 3.63) is 39.5 Å². The number of aromatic amines is 1. The zero-order chi connectivity index (χ0) is 31.7. The first-order valence-electron chi connectivity index (χ1n) is 15.5. The third-order valence-corrected chi connectivity index (χ3v) is 10.6. The highest BCUT2D eigenvalue weighted by Crippen LogP contribution is 2.48. The lowest BCUT2D eigenvalue weighted by molar-refractivity contribution is 0.165. The largest absolute Gasteiger partial charge is 0.463 e. The summed E-state index contributed by atoms with van der Waals surface area (Å²) in [5, 5.41) is 11.4. The number of benzene rings is 2. The summed E-state index contributed by atoms with van der Waals surface area (Å²) in [6.07, 6.45) is 2.52. The standard InChI is InChI=1S/C32H36Cl2F3N7O/c1-4-31(3)14-44(10-8-38-31)29-19-11-21(36)24(23-17(2)20(33)12-22-25(23)28(34)42-41-22)26(37)27(19)39-30(40-29)45-16-32(6-7-32)15-43-9-5-18(35)13-43/h11-12,18,38H,4-10,13-16H2,1-3H3,(H,41,42)/t18-,31?/m1/s1. The number of hydrogen-bond acceptors (Lipinski definition) is 7. The van der Waals surface area contributed by atoms with E-state index in [-0.39, 0.29) is 44.1 Å². The number of halogens is 5. The molecule has 2 atom stereocenters. The number of nitrogens with one attached hydrogen (secondary N) is 2. The molecule has 1 aliphatic carbocycles. The third-order valence-electron chi connectivity index (χ3n) is 9.89. The third kappa shape index (κ3) is 5.59. The van der Waals surface area contributed by atoms with Crippen LogP contribution in [0.25, 0.3) is 32.9 Å². The van der Waals surface area contributed by atoms with Gasteiger partial charge in [-0.1, -0.05) is 30.1 Å². The summed E-state index contributed by atoms with van der Waals surface area (Å²) in [5.74, 6) is -1.23. The minimum absolute atomic E-state index is 0.0241. The van der Waals surface area contributed by atoms with Crippen molar-refractivity contribution in [3.8, 4) is 17.1 Å². The Hall–Kier alpha value is -2.86. The van der Waals surface area contributed by atoms with Gasteiger partial charge in [0.25, 0.3) is 0 Å². The van der Waals surface area contributed by atoms with Crippen LogP contribution >= 0.6 is 23.2 Å². The molecule has 8 nitrogen and oxygen atoms in total. The molecule has 4 aromatic rings. The molecular weight excluding hydrogens is 626 g/mol. The number of H-pyrrole nitrogens is 1. The van der Waals surface area contributed by atoms with Gasteiger partial charge >= 0.3 is 6.01 Å². The number of hydrogen-bond donors (Lipinski definition) is 2. The molecule has 1 unspecified atom stereocenters. The zero-order valence-corrected chi connectivity index (χ0v) is 27.1.